The van der Waals surface area contributed by atoms with E-state index in [1.807, 2.05) is 6.07 Å². The highest BCUT2D eigenvalue weighted by Crippen LogP contribution is 2.31. The highest BCUT2D eigenvalue weighted by atomic mass is 19.4. The molecule has 0 heterocycles. The molecule has 2 aromatic carbocycles. The number of nitriles is 1. The van der Waals surface area contributed by atoms with Crippen molar-refractivity contribution in [3.05, 3.63) is 75.3 Å². The van der Waals surface area contributed by atoms with E-state index in [9.17, 15) is 33.3 Å². The van der Waals surface area contributed by atoms with Crippen LogP contribution < -0.4 is 0 Å². The Labute approximate surface area is 152 Å². The minimum Gasteiger partial charge on any atom is -0.319 e. The maximum Gasteiger partial charge on any atom is 0.416 e. The molecule has 0 aliphatic heterocycles. The fourth-order valence-electron chi connectivity index (χ4n) is 2.59. The average molecular weight is 377 g/mol. The van der Waals surface area contributed by atoms with Gasteiger partial charge in [-0.25, -0.2) is 0 Å². The van der Waals surface area contributed by atoms with Crippen molar-refractivity contribution in [1.82, 2.24) is 4.90 Å². The van der Waals surface area contributed by atoms with Crippen LogP contribution in [0.1, 0.15) is 34.5 Å². The molecule has 1 atom stereocenters. The summed E-state index contributed by atoms with van der Waals surface area (Å²) in [4.78, 5) is 24.3. The van der Waals surface area contributed by atoms with Gasteiger partial charge in [-0.15, -0.1) is 0 Å². The summed E-state index contributed by atoms with van der Waals surface area (Å²) in [5.41, 5.74) is -1.31. The summed E-state index contributed by atoms with van der Waals surface area (Å²) in [6.45, 7) is 1.60. The molecule has 140 valence electrons. The number of hydrogen-bond acceptors (Lipinski definition) is 4. The number of carbonyl (C=O) groups excluding carboxylic acids is 1. The van der Waals surface area contributed by atoms with E-state index in [0.717, 1.165) is 29.2 Å². The maximum atomic E-state index is 12.8. The van der Waals surface area contributed by atoms with Gasteiger partial charge >= 0.3 is 6.18 Å². The molecule has 27 heavy (non-hydrogen) atoms. The van der Waals surface area contributed by atoms with Crippen molar-refractivity contribution >= 4 is 11.6 Å². The number of nitro benzene ring substituents is 1. The largest absolute Gasteiger partial charge is 0.416 e. The zero-order valence-corrected chi connectivity index (χ0v) is 14.1. The molecule has 0 radical (unpaired) electrons. The minimum atomic E-state index is -4.52. The van der Waals surface area contributed by atoms with E-state index in [4.69, 9.17) is 0 Å². The van der Waals surface area contributed by atoms with E-state index in [-0.39, 0.29) is 17.7 Å². The number of carbonyl (C=O) groups is 1. The fourth-order valence-corrected chi connectivity index (χ4v) is 2.59. The first-order chi connectivity index (χ1) is 12.7. The SMILES string of the molecule is CCN(C(=O)c1ccccc1[N+](=O)[O-])C(C#N)c1ccc(C(F)(F)F)cc1. The van der Waals surface area contributed by atoms with Gasteiger partial charge in [0.15, 0.2) is 0 Å². The lowest BCUT2D eigenvalue weighted by atomic mass is 10.0. The summed E-state index contributed by atoms with van der Waals surface area (Å²) < 4.78 is 38.1. The Morgan fingerprint density at radius 3 is 2.30 bits per heavy atom. The third-order valence-corrected chi connectivity index (χ3v) is 3.92. The van der Waals surface area contributed by atoms with Crippen LogP contribution in [0.2, 0.25) is 0 Å². The van der Waals surface area contributed by atoms with Crippen molar-refractivity contribution < 1.29 is 22.9 Å². The van der Waals surface area contributed by atoms with Gasteiger partial charge in [-0.05, 0) is 30.7 Å². The summed E-state index contributed by atoms with van der Waals surface area (Å²) in [5.74, 6) is -0.753. The molecule has 0 N–H and O–H groups in total. The molecular weight excluding hydrogens is 363 g/mol. The molecule has 6 nitrogen and oxygen atoms in total. The second kappa shape index (κ2) is 7.86. The van der Waals surface area contributed by atoms with Crippen LogP contribution in [0.4, 0.5) is 18.9 Å². The molecule has 0 saturated carbocycles. The molecule has 9 heteroatoms. The van der Waals surface area contributed by atoms with Crippen LogP contribution in [0, 0.1) is 21.4 Å². The number of para-hydroxylation sites is 1. The number of nitrogens with zero attached hydrogens (tertiary/aromatic N) is 3. The van der Waals surface area contributed by atoms with Crippen LogP contribution in [-0.4, -0.2) is 22.3 Å². The number of alkyl halides is 3. The third-order valence-electron chi connectivity index (χ3n) is 3.92. The quantitative estimate of drug-likeness (QED) is 0.573. The van der Waals surface area contributed by atoms with Gasteiger partial charge in [-0.2, -0.15) is 18.4 Å². The molecule has 0 saturated heterocycles. The Kier molecular flexibility index (Phi) is 5.80. The number of amides is 1. The standard InChI is InChI=1S/C18H14F3N3O3/c1-2-23(17(25)14-5-3-4-6-15(14)24(26)27)16(11-22)12-7-9-13(10-8-12)18(19,20)21/h3-10,16H,2H2,1H3. The Hall–Kier alpha value is -3.41. The zero-order valence-electron chi connectivity index (χ0n) is 14.1. The summed E-state index contributed by atoms with van der Waals surface area (Å²) in [5, 5.41) is 20.6. The molecule has 0 aliphatic rings. The van der Waals surface area contributed by atoms with Gasteiger partial charge in [-0.3, -0.25) is 14.9 Å². The van der Waals surface area contributed by atoms with Gasteiger partial charge in [0.25, 0.3) is 11.6 Å². The molecule has 1 unspecified atom stereocenters. The first kappa shape index (κ1) is 19.9. The normalized spacial score (nSPS) is 12.1. The van der Waals surface area contributed by atoms with Gasteiger partial charge in [0.2, 0.25) is 0 Å². The molecule has 1 amide bonds. The van der Waals surface area contributed by atoms with Crippen molar-refractivity contribution in [2.75, 3.05) is 6.54 Å². The Morgan fingerprint density at radius 1 is 1.22 bits per heavy atom. The minimum absolute atomic E-state index is 0.0319. The van der Waals surface area contributed by atoms with Crippen molar-refractivity contribution in [3.63, 3.8) is 0 Å². The maximum absolute atomic E-state index is 12.8. The number of nitro groups is 1. The molecular formula is C18H14F3N3O3. The monoisotopic (exact) mass is 377 g/mol. The van der Waals surface area contributed by atoms with E-state index in [2.05, 4.69) is 0 Å². The molecule has 0 aromatic heterocycles. The zero-order chi connectivity index (χ0) is 20.2. The lowest BCUT2D eigenvalue weighted by Gasteiger charge is -2.26. The van der Waals surface area contributed by atoms with E-state index in [0.29, 0.717) is 0 Å². The van der Waals surface area contributed by atoms with Gasteiger partial charge in [0.05, 0.1) is 16.6 Å². The van der Waals surface area contributed by atoms with Crippen LogP contribution in [0.25, 0.3) is 0 Å². The highest BCUT2D eigenvalue weighted by molar-refractivity contribution is 5.98. The van der Waals surface area contributed by atoms with Crippen molar-refractivity contribution in [2.45, 2.75) is 19.1 Å². The first-order valence-electron chi connectivity index (χ1n) is 7.81. The summed E-state index contributed by atoms with van der Waals surface area (Å²) in [6.07, 6.45) is -4.52. The average Bonchev–Trinajstić information content (AvgIpc) is 2.64. The van der Waals surface area contributed by atoms with E-state index in [1.165, 1.54) is 24.3 Å². The van der Waals surface area contributed by atoms with E-state index >= 15 is 0 Å². The van der Waals surface area contributed by atoms with Gasteiger partial charge in [0.1, 0.15) is 11.6 Å². The first-order valence-corrected chi connectivity index (χ1v) is 7.81. The molecule has 2 aromatic rings. The lowest BCUT2D eigenvalue weighted by molar-refractivity contribution is -0.385. The van der Waals surface area contributed by atoms with Crippen LogP contribution in [0.5, 0.6) is 0 Å². The van der Waals surface area contributed by atoms with Gasteiger partial charge in [0, 0.05) is 12.6 Å². The number of rotatable bonds is 5. The number of hydrogen-bond donors (Lipinski definition) is 0. The molecule has 0 fully saturated rings. The summed E-state index contributed by atoms with van der Waals surface area (Å²) in [6, 6.07) is 9.86. The highest BCUT2D eigenvalue weighted by Gasteiger charge is 2.32. The van der Waals surface area contributed by atoms with Gasteiger partial charge < -0.3 is 4.90 Å². The second-order valence-corrected chi connectivity index (χ2v) is 5.52. The van der Waals surface area contributed by atoms with Crippen LogP contribution in [0.3, 0.4) is 0 Å². The third kappa shape index (κ3) is 4.23. The lowest BCUT2D eigenvalue weighted by Crippen LogP contribution is -2.34. The van der Waals surface area contributed by atoms with Crippen molar-refractivity contribution in [3.8, 4) is 6.07 Å². The molecule has 0 bridgehead atoms. The van der Waals surface area contributed by atoms with Crippen molar-refractivity contribution in [2.24, 2.45) is 0 Å². The fraction of sp³-hybridized carbons (Fsp3) is 0.222. The Morgan fingerprint density at radius 2 is 1.81 bits per heavy atom. The number of benzene rings is 2. The topological polar surface area (TPSA) is 87.2 Å². The Balaban J connectivity index is 2.41. The smallest absolute Gasteiger partial charge is 0.319 e. The molecule has 0 aliphatic carbocycles. The van der Waals surface area contributed by atoms with Crippen LogP contribution in [0.15, 0.2) is 48.5 Å². The molecule has 0 spiro atoms. The second-order valence-electron chi connectivity index (χ2n) is 5.52. The van der Waals surface area contributed by atoms with Crippen LogP contribution >= 0.6 is 0 Å². The van der Waals surface area contributed by atoms with E-state index in [1.54, 1.807) is 6.92 Å². The summed E-state index contributed by atoms with van der Waals surface area (Å²) >= 11 is 0. The van der Waals surface area contributed by atoms with Crippen LogP contribution in [-0.2, 0) is 6.18 Å². The van der Waals surface area contributed by atoms with E-state index < -0.39 is 34.3 Å². The van der Waals surface area contributed by atoms with Crippen molar-refractivity contribution in [1.29, 1.82) is 5.26 Å². The predicted molar refractivity (Wildman–Crippen MR) is 89.6 cm³/mol. The summed E-state index contributed by atoms with van der Waals surface area (Å²) in [7, 11) is 0. The molecule has 2 rings (SSSR count). The van der Waals surface area contributed by atoms with Gasteiger partial charge in [-0.1, -0.05) is 24.3 Å². The Bertz CT molecular complexity index is 889. The number of halogens is 3. The predicted octanol–water partition coefficient (Wildman–Crippen LogP) is 4.34.